The largest absolute Gasteiger partial charge is 0.496 e. The molecule has 0 aromatic heterocycles. The van der Waals surface area contributed by atoms with Gasteiger partial charge in [-0.3, -0.25) is 0 Å². The number of benzene rings is 3. The smallest absolute Gasteiger partial charge is 0.340 e. The molecule has 4 rings (SSSR count). The van der Waals surface area contributed by atoms with Gasteiger partial charge in [-0.15, -0.1) is 0 Å². The van der Waals surface area contributed by atoms with E-state index in [0.717, 1.165) is 21.9 Å². The minimum absolute atomic E-state index is 0.337. The van der Waals surface area contributed by atoms with Crippen LogP contribution in [0.25, 0.3) is 10.8 Å². The van der Waals surface area contributed by atoms with Crippen LogP contribution < -0.4 is 9.47 Å². The summed E-state index contributed by atoms with van der Waals surface area (Å²) in [6.07, 6.45) is -0.394. The third kappa shape index (κ3) is 2.03. The maximum absolute atomic E-state index is 12.6. The Bertz CT molecular complexity index is 931. The molecular formula is C20H16O4. The highest BCUT2D eigenvalue weighted by molar-refractivity contribution is 6.11. The standard InChI is InChI=1S/C20H16O4/c1-22-15-10-11-16(23-2)17-13(15)8-9-14-18(17)20(21)24-19(14)12-6-4-3-5-7-12/h3-11,19H,1-2H3/t19-/m1/s1. The quantitative estimate of drug-likeness (QED) is 0.681. The lowest BCUT2D eigenvalue weighted by molar-refractivity contribution is 0.0457. The van der Waals surface area contributed by atoms with Crippen LogP contribution in [0.5, 0.6) is 11.5 Å². The van der Waals surface area contributed by atoms with Gasteiger partial charge in [-0.2, -0.15) is 0 Å². The summed E-state index contributed by atoms with van der Waals surface area (Å²) in [6, 6.07) is 17.3. The van der Waals surface area contributed by atoms with Crippen molar-refractivity contribution < 1.29 is 19.0 Å². The molecule has 0 radical (unpaired) electrons. The van der Waals surface area contributed by atoms with Gasteiger partial charge in [0.25, 0.3) is 0 Å². The first kappa shape index (κ1) is 14.6. The average Bonchev–Trinajstić information content (AvgIpc) is 2.98. The van der Waals surface area contributed by atoms with Gasteiger partial charge in [-0.25, -0.2) is 4.79 Å². The summed E-state index contributed by atoms with van der Waals surface area (Å²) in [6.45, 7) is 0. The summed E-state index contributed by atoms with van der Waals surface area (Å²) < 4.78 is 16.6. The van der Waals surface area contributed by atoms with Crippen molar-refractivity contribution in [1.82, 2.24) is 0 Å². The molecule has 24 heavy (non-hydrogen) atoms. The molecule has 3 aromatic rings. The third-order valence-electron chi connectivity index (χ3n) is 4.39. The molecule has 4 nitrogen and oxygen atoms in total. The number of carbonyl (C=O) groups is 1. The first-order valence-electron chi connectivity index (χ1n) is 7.68. The molecule has 0 N–H and O–H groups in total. The number of carbonyl (C=O) groups excluding carboxylic acids is 1. The topological polar surface area (TPSA) is 44.8 Å². The molecule has 0 saturated heterocycles. The number of fused-ring (bicyclic) bond motifs is 3. The van der Waals surface area contributed by atoms with Crippen molar-refractivity contribution in [3.8, 4) is 11.5 Å². The number of ether oxygens (including phenoxy) is 3. The zero-order chi connectivity index (χ0) is 16.7. The molecule has 0 bridgehead atoms. The van der Waals surface area contributed by atoms with Crippen LogP contribution in [0.1, 0.15) is 27.6 Å². The van der Waals surface area contributed by atoms with E-state index in [1.165, 1.54) is 0 Å². The van der Waals surface area contributed by atoms with Crippen molar-refractivity contribution in [1.29, 1.82) is 0 Å². The van der Waals surface area contributed by atoms with Gasteiger partial charge < -0.3 is 14.2 Å². The number of hydrogen-bond acceptors (Lipinski definition) is 4. The van der Waals surface area contributed by atoms with Crippen LogP contribution in [0.3, 0.4) is 0 Å². The van der Waals surface area contributed by atoms with Crippen LogP contribution in [-0.2, 0) is 4.74 Å². The molecule has 4 heteroatoms. The first-order valence-corrected chi connectivity index (χ1v) is 7.68. The molecule has 1 heterocycles. The monoisotopic (exact) mass is 320 g/mol. The second-order valence-electron chi connectivity index (χ2n) is 5.62. The maximum Gasteiger partial charge on any atom is 0.340 e. The molecule has 0 amide bonds. The number of cyclic esters (lactones) is 1. The molecule has 0 fully saturated rings. The van der Waals surface area contributed by atoms with Gasteiger partial charge in [0.2, 0.25) is 0 Å². The minimum atomic E-state index is -0.394. The lowest BCUT2D eigenvalue weighted by atomic mass is 9.94. The van der Waals surface area contributed by atoms with E-state index in [1.807, 2.05) is 54.6 Å². The first-order chi connectivity index (χ1) is 11.7. The molecule has 1 atom stereocenters. The number of esters is 1. The molecule has 1 aliphatic rings. The highest BCUT2D eigenvalue weighted by atomic mass is 16.5. The normalized spacial score (nSPS) is 15.9. The SMILES string of the molecule is COc1ccc(OC)c2c3c(ccc12)[C@@H](c1ccccc1)OC3=O. The van der Waals surface area contributed by atoms with Crippen LogP contribution in [0.2, 0.25) is 0 Å². The summed E-state index contributed by atoms with van der Waals surface area (Å²) in [5.74, 6) is 0.994. The van der Waals surface area contributed by atoms with Crippen LogP contribution in [-0.4, -0.2) is 20.2 Å². The second kappa shape index (κ2) is 5.57. The van der Waals surface area contributed by atoms with Crippen molar-refractivity contribution in [3.05, 3.63) is 71.3 Å². The molecule has 0 spiro atoms. The van der Waals surface area contributed by atoms with Crippen molar-refractivity contribution in [2.24, 2.45) is 0 Å². The number of rotatable bonds is 3. The van der Waals surface area contributed by atoms with Gasteiger partial charge in [-0.1, -0.05) is 42.5 Å². The minimum Gasteiger partial charge on any atom is -0.496 e. The van der Waals surface area contributed by atoms with Gasteiger partial charge in [0.15, 0.2) is 6.10 Å². The Morgan fingerprint density at radius 3 is 2.29 bits per heavy atom. The Morgan fingerprint density at radius 2 is 1.58 bits per heavy atom. The Morgan fingerprint density at radius 1 is 0.875 bits per heavy atom. The van der Waals surface area contributed by atoms with Gasteiger partial charge >= 0.3 is 5.97 Å². The summed E-state index contributed by atoms with van der Waals surface area (Å²) in [4.78, 5) is 12.6. The fraction of sp³-hybridized carbons (Fsp3) is 0.150. The zero-order valence-corrected chi connectivity index (χ0v) is 13.4. The highest BCUT2D eigenvalue weighted by Gasteiger charge is 2.35. The molecule has 120 valence electrons. The molecule has 0 aliphatic carbocycles. The zero-order valence-electron chi connectivity index (χ0n) is 13.4. The fourth-order valence-corrected chi connectivity index (χ4v) is 3.30. The van der Waals surface area contributed by atoms with E-state index < -0.39 is 6.10 Å². The summed E-state index contributed by atoms with van der Waals surface area (Å²) in [5, 5.41) is 1.57. The molecule has 3 aromatic carbocycles. The summed E-state index contributed by atoms with van der Waals surface area (Å²) in [5.41, 5.74) is 2.35. The highest BCUT2D eigenvalue weighted by Crippen LogP contribution is 2.44. The molecule has 0 unspecified atom stereocenters. The molecule has 0 saturated carbocycles. The van der Waals surface area contributed by atoms with Crippen LogP contribution in [0.4, 0.5) is 0 Å². The summed E-state index contributed by atoms with van der Waals surface area (Å²) in [7, 11) is 3.20. The lowest BCUT2D eigenvalue weighted by Crippen LogP contribution is -2.00. The van der Waals surface area contributed by atoms with E-state index in [4.69, 9.17) is 14.2 Å². The van der Waals surface area contributed by atoms with Gasteiger partial charge in [0.05, 0.1) is 19.8 Å². The average molecular weight is 320 g/mol. The van der Waals surface area contributed by atoms with Crippen molar-refractivity contribution in [2.45, 2.75) is 6.10 Å². The number of methoxy groups -OCH3 is 2. The number of hydrogen-bond donors (Lipinski definition) is 0. The van der Waals surface area contributed by atoms with Crippen LogP contribution >= 0.6 is 0 Å². The predicted octanol–water partition coefficient (Wildman–Crippen LogP) is 4.12. The van der Waals surface area contributed by atoms with E-state index in [0.29, 0.717) is 17.1 Å². The third-order valence-corrected chi connectivity index (χ3v) is 4.39. The van der Waals surface area contributed by atoms with Crippen molar-refractivity contribution >= 4 is 16.7 Å². The fourth-order valence-electron chi connectivity index (χ4n) is 3.30. The van der Waals surface area contributed by atoms with Gasteiger partial charge in [-0.05, 0) is 17.7 Å². The Hall–Kier alpha value is -3.01. The van der Waals surface area contributed by atoms with Crippen molar-refractivity contribution in [2.75, 3.05) is 14.2 Å². The van der Waals surface area contributed by atoms with Crippen LogP contribution in [0, 0.1) is 0 Å². The van der Waals surface area contributed by atoms with E-state index in [-0.39, 0.29) is 5.97 Å². The van der Waals surface area contributed by atoms with E-state index in [9.17, 15) is 4.79 Å². The van der Waals surface area contributed by atoms with E-state index >= 15 is 0 Å². The Balaban J connectivity index is 2.01. The maximum atomic E-state index is 12.6. The lowest BCUT2D eigenvalue weighted by Gasteiger charge is -2.13. The van der Waals surface area contributed by atoms with Crippen LogP contribution in [0.15, 0.2) is 54.6 Å². The van der Waals surface area contributed by atoms with Crippen molar-refractivity contribution in [3.63, 3.8) is 0 Å². The van der Waals surface area contributed by atoms with E-state index in [1.54, 1.807) is 14.2 Å². The van der Waals surface area contributed by atoms with Gasteiger partial charge in [0.1, 0.15) is 11.5 Å². The summed E-state index contributed by atoms with van der Waals surface area (Å²) >= 11 is 0. The van der Waals surface area contributed by atoms with E-state index in [2.05, 4.69) is 0 Å². The van der Waals surface area contributed by atoms with Gasteiger partial charge in [0, 0.05) is 16.3 Å². The predicted molar refractivity (Wildman–Crippen MR) is 90.8 cm³/mol. The molecular weight excluding hydrogens is 304 g/mol. The molecule has 1 aliphatic heterocycles. The Kier molecular flexibility index (Phi) is 3.38. The second-order valence-corrected chi connectivity index (χ2v) is 5.62. The Labute approximate surface area is 139 Å².